The van der Waals surface area contributed by atoms with Crippen molar-refractivity contribution in [3.05, 3.63) is 29.3 Å². The molecular weight excluding hydrogens is 274 g/mol. The average Bonchev–Trinajstić information content (AvgIpc) is 2.47. The second-order valence-corrected chi connectivity index (χ2v) is 5.68. The van der Waals surface area contributed by atoms with Gasteiger partial charge in [-0.05, 0) is 32.0 Å². The highest BCUT2D eigenvalue weighted by atomic mass is 35.5. The van der Waals surface area contributed by atoms with Crippen molar-refractivity contribution in [1.29, 1.82) is 0 Å². The first-order chi connectivity index (χ1) is 9.61. The van der Waals surface area contributed by atoms with Crippen LogP contribution in [0.5, 0.6) is 0 Å². The number of carbonyl (C=O) groups is 1. The number of nitrogens with zero attached hydrogens (tertiary/aromatic N) is 1. The van der Waals surface area contributed by atoms with E-state index in [-0.39, 0.29) is 11.9 Å². The van der Waals surface area contributed by atoms with Gasteiger partial charge in [-0.15, -0.1) is 0 Å². The summed E-state index contributed by atoms with van der Waals surface area (Å²) in [5.74, 6) is 0.152. The topological polar surface area (TPSA) is 36.8 Å². The molecule has 1 aliphatic rings. The Balaban J connectivity index is 1.90. The van der Waals surface area contributed by atoms with Gasteiger partial charge in [-0.3, -0.25) is 4.79 Å². The summed E-state index contributed by atoms with van der Waals surface area (Å²) in [7, 11) is 0. The lowest BCUT2D eigenvalue weighted by molar-refractivity contribution is -0.914. The molecule has 1 heterocycles. The van der Waals surface area contributed by atoms with Gasteiger partial charge in [-0.25, -0.2) is 0 Å². The molecule has 2 rings (SSSR count). The van der Waals surface area contributed by atoms with Crippen molar-refractivity contribution >= 4 is 23.2 Å². The molecule has 0 bridgehead atoms. The monoisotopic (exact) mass is 296 g/mol. The highest BCUT2D eigenvalue weighted by Gasteiger charge is 2.28. The van der Waals surface area contributed by atoms with Gasteiger partial charge in [0.15, 0.2) is 6.04 Å². The van der Waals surface area contributed by atoms with Gasteiger partial charge < -0.3 is 15.1 Å². The van der Waals surface area contributed by atoms with Crippen LogP contribution in [-0.4, -0.2) is 44.7 Å². The molecule has 0 radical (unpaired) electrons. The zero-order valence-corrected chi connectivity index (χ0v) is 12.9. The van der Waals surface area contributed by atoms with Gasteiger partial charge in [0.05, 0.1) is 26.2 Å². The zero-order valence-electron chi connectivity index (χ0n) is 12.2. The quantitative estimate of drug-likeness (QED) is 0.852. The number of hydrogen-bond donors (Lipinski definition) is 2. The van der Waals surface area contributed by atoms with Crippen LogP contribution in [0.1, 0.15) is 13.8 Å². The van der Waals surface area contributed by atoms with Gasteiger partial charge in [0.2, 0.25) is 0 Å². The second kappa shape index (κ2) is 6.95. The van der Waals surface area contributed by atoms with Gasteiger partial charge in [-0.1, -0.05) is 17.7 Å². The molecule has 1 atom stereocenters. The molecular formula is C15H23ClN3O+. The fourth-order valence-corrected chi connectivity index (χ4v) is 2.86. The Morgan fingerprint density at radius 3 is 2.75 bits per heavy atom. The summed E-state index contributed by atoms with van der Waals surface area (Å²) < 4.78 is 0. The van der Waals surface area contributed by atoms with Crippen LogP contribution in [0.2, 0.25) is 5.02 Å². The number of nitrogens with one attached hydrogen (secondary N) is 2. The maximum Gasteiger partial charge on any atom is 0.278 e. The minimum absolute atomic E-state index is 0.0245. The highest BCUT2D eigenvalue weighted by Crippen LogP contribution is 2.19. The van der Waals surface area contributed by atoms with E-state index in [9.17, 15) is 4.79 Å². The summed E-state index contributed by atoms with van der Waals surface area (Å²) in [5.41, 5.74) is 1.17. The summed E-state index contributed by atoms with van der Waals surface area (Å²) in [6.45, 7) is 8.53. The number of amides is 1. The van der Waals surface area contributed by atoms with E-state index in [1.807, 2.05) is 32.0 Å². The van der Waals surface area contributed by atoms with Crippen molar-refractivity contribution in [2.75, 3.05) is 37.6 Å². The predicted octanol–water partition coefficient (Wildman–Crippen LogP) is 0.570. The minimum atomic E-state index is 0.0245. The van der Waals surface area contributed by atoms with E-state index in [1.54, 1.807) is 0 Å². The van der Waals surface area contributed by atoms with Crippen LogP contribution in [-0.2, 0) is 4.79 Å². The number of anilines is 1. The van der Waals surface area contributed by atoms with E-state index in [1.165, 1.54) is 10.6 Å². The molecule has 20 heavy (non-hydrogen) atoms. The first kappa shape index (κ1) is 15.1. The highest BCUT2D eigenvalue weighted by molar-refractivity contribution is 6.30. The van der Waals surface area contributed by atoms with E-state index in [0.717, 1.165) is 31.2 Å². The Bertz CT molecular complexity index is 458. The Morgan fingerprint density at radius 1 is 1.45 bits per heavy atom. The molecule has 0 aromatic heterocycles. The molecule has 0 aliphatic carbocycles. The van der Waals surface area contributed by atoms with E-state index in [0.29, 0.717) is 6.54 Å². The Labute approximate surface area is 125 Å². The number of piperazine rings is 1. The second-order valence-electron chi connectivity index (χ2n) is 5.24. The Hall–Kier alpha value is -1.26. The molecule has 1 aromatic carbocycles. The molecule has 110 valence electrons. The molecule has 1 aromatic rings. The van der Waals surface area contributed by atoms with E-state index >= 15 is 0 Å². The molecule has 1 aliphatic heterocycles. The standard InChI is InChI=1S/C15H22ClN3O/c1-3-17-15(20)12(2)18-7-9-19(10-8-18)14-6-4-5-13(16)11-14/h4-6,11-12H,3,7-10H2,1-2H3,(H,17,20)/p+1/t12-/m0/s1. The molecule has 5 heteroatoms. The average molecular weight is 297 g/mol. The van der Waals surface area contributed by atoms with Crippen molar-refractivity contribution in [2.45, 2.75) is 19.9 Å². The third-order valence-corrected chi connectivity index (χ3v) is 4.17. The van der Waals surface area contributed by atoms with Crippen LogP contribution in [0.25, 0.3) is 0 Å². The molecule has 0 saturated carbocycles. The van der Waals surface area contributed by atoms with Gasteiger partial charge in [0.1, 0.15) is 0 Å². The van der Waals surface area contributed by atoms with Gasteiger partial charge in [0.25, 0.3) is 5.91 Å². The number of halogens is 1. The number of hydrogen-bond acceptors (Lipinski definition) is 2. The van der Waals surface area contributed by atoms with Crippen LogP contribution in [0.4, 0.5) is 5.69 Å². The molecule has 2 N–H and O–H groups in total. The lowest BCUT2D eigenvalue weighted by Crippen LogP contribution is -3.19. The number of likely N-dealkylation sites (N-methyl/N-ethyl adjacent to an activating group) is 1. The number of benzene rings is 1. The number of rotatable bonds is 4. The lowest BCUT2D eigenvalue weighted by Gasteiger charge is -2.36. The summed E-state index contributed by atoms with van der Waals surface area (Å²) in [6, 6.07) is 7.98. The van der Waals surface area contributed by atoms with Crippen LogP contribution in [0, 0.1) is 0 Å². The third-order valence-electron chi connectivity index (χ3n) is 3.94. The van der Waals surface area contributed by atoms with Gasteiger partial charge in [-0.2, -0.15) is 0 Å². The fraction of sp³-hybridized carbons (Fsp3) is 0.533. The molecule has 1 fully saturated rings. The van der Waals surface area contributed by atoms with Crippen LogP contribution in [0.3, 0.4) is 0 Å². The van der Waals surface area contributed by atoms with Crippen molar-refractivity contribution in [3.63, 3.8) is 0 Å². The maximum atomic E-state index is 11.9. The predicted molar refractivity (Wildman–Crippen MR) is 82.5 cm³/mol. The molecule has 1 saturated heterocycles. The largest absolute Gasteiger partial charge is 0.360 e. The SMILES string of the molecule is CCNC(=O)[C@H](C)[NH+]1CCN(c2cccc(Cl)c2)CC1. The Morgan fingerprint density at radius 2 is 2.15 bits per heavy atom. The molecule has 4 nitrogen and oxygen atoms in total. The van der Waals surface area contributed by atoms with Crippen LogP contribution >= 0.6 is 11.6 Å². The lowest BCUT2D eigenvalue weighted by atomic mass is 10.2. The fourth-order valence-electron chi connectivity index (χ4n) is 2.67. The summed E-state index contributed by atoms with van der Waals surface area (Å²) in [5, 5.41) is 3.67. The van der Waals surface area contributed by atoms with E-state index in [4.69, 9.17) is 11.6 Å². The Kier molecular flexibility index (Phi) is 5.26. The zero-order chi connectivity index (χ0) is 14.5. The molecule has 1 amide bonds. The van der Waals surface area contributed by atoms with E-state index < -0.39 is 0 Å². The minimum Gasteiger partial charge on any atom is -0.360 e. The van der Waals surface area contributed by atoms with Crippen molar-refractivity contribution in [2.24, 2.45) is 0 Å². The van der Waals surface area contributed by atoms with Crippen molar-refractivity contribution in [1.82, 2.24) is 5.32 Å². The van der Waals surface area contributed by atoms with Crippen molar-refractivity contribution in [3.8, 4) is 0 Å². The number of carbonyl (C=O) groups excluding carboxylic acids is 1. The molecule has 0 unspecified atom stereocenters. The molecule has 0 spiro atoms. The van der Waals surface area contributed by atoms with Crippen LogP contribution < -0.4 is 15.1 Å². The summed E-state index contributed by atoms with van der Waals surface area (Å²) in [4.78, 5) is 15.6. The van der Waals surface area contributed by atoms with E-state index in [2.05, 4.69) is 16.3 Å². The van der Waals surface area contributed by atoms with Gasteiger partial charge in [0, 0.05) is 17.3 Å². The third kappa shape index (κ3) is 3.64. The van der Waals surface area contributed by atoms with Gasteiger partial charge >= 0.3 is 0 Å². The summed E-state index contributed by atoms with van der Waals surface area (Å²) in [6.07, 6.45) is 0. The number of quaternary nitrogens is 1. The maximum absolute atomic E-state index is 11.9. The van der Waals surface area contributed by atoms with Crippen molar-refractivity contribution < 1.29 is 9.69 Å². The first-order valence-electron chi connectivity index (χ1n) is 7.24. The van der Waals surface area contributed by atoms with Crippen LogP contribution in [0.15, 0.2) is 24.3 Å². The normalized spacial score (nSPS) is 17.9. The summed E-state index contributed by atoms with van der Waals surface area (Å²) >= 11 is 6.03. The first-order valence-corrected chi connectivity index (χ1v) is 7.62. The smallest absolute Gasteiger partial charge is 0.278 e.